The number of aromatic amines is 1. The first kappa shape index (κ1) is 18.1. The van der Waals surface area contributed by atoms with Gasteiger partial charge in [0.05, 0.1) is 0 Å². The number of H-pyrrole nitrogens is 1. The van der Waals surface area contributed by atoms with Crippen LogP contribution in [0.5, 0.6) is 0 Å². The van der Waals surface area contributed by atoms with E-state index < -0.39 is 12.0 Å². The van der Waals surface area contributed by atoms with Crippen LogP contribution in [-0.4, -0.2) is 39.6 Å². The molecule has 0 radical (unpaired) electrons. The summed E-state index contributed by atoms with van der Waals surface area (Å²) in [5.41, 5.74) is 4.19. The first-order valence-electron chi connectivity index (χ1n) is 9.45. The maximum absolute atomic E-state index is 12.8. The second-order valence-corrected chi connectivity index (χ2v) is 7.28. The van der Waals surface area contributed by atoms with Crippen LogP contribution in [0, 0.1) is 0 Å². The van der Waals surface area contributed by atoms with Gasteiger partial charge in [0.2, 0.25) is 0 Å². The van der Waals surface area contributed by atoms with Crippen LogP contribution in [0.2, 0.25) is 0 Å². The van der Waals surface area contributed by atoms with Crippen molar-refractivity contribution in [2.75, 3.05) is 6.54 Å². The van der Waals surface area contributed by atoms with E-state index in [1.54, 1.807) is 4.90 Å². The predicted octanol–water partition coefficient (Wildman–Crippen LogP) is 3.49. The average molecular weight is 377 g/mol. The number of carboxylic acid groups (broad SMARTS) is 1. The Bertz CT molecular complexity index is 1030. The van der Waals surface area contributed by atoms with Gasteiger partial charge in [0.25, 0.3) is 0 Å². The van der Waals surface area contributed by atoms with E-state index in [9.17, 15) is 14.7 Å². The first-order chi connectivity index (χ1) is 13.5. The van der Waals surface area contributed by atoms with Gasteiger partial charge in [0.1, 0.15) is 6.04 Å². The van der Waals surface area contributed by atoms with Gasteiger partial charge in [-0.05, 0) is 29.2 Å². The molecule has 0 saturated carbocycles. The first-order valence-corrected chi connectivity index (χ1v) is 9.45. The van der Waals surface area contributed by atoms with Crippen molar-refractivity contribution < 1.29 is 14.7 Å². The van der Waals surface area contributed by atoms with Crippen LogP contribution in [0.3, 0.4) is 0 Å². The summed E-state index contributed by atoms with van der Waals surface area (Å²) in [7, 11) is 0. The molecule has 0 bridgehead atoms. The van der Waals surface area contributed by atoms with E-state index in [-0.39, 0.29) is 11.9 Å². The molecule has 0 unspecified atom stereocenters. The predicted molar refractivity (Wildman–Crippen MR) is 107 cm³/mol. The largest absolute Gasteiger partial charge is 0.480 e. The number of carbonyl (C=O) groups is 2. The Morgan fingerprint density at radius 1 is 1.11 bits per heavy atom. The third-order valence-corrected chi connectivity index (χ3v) is 5.57. The highest BCUT2D eigenvalue weighted by atomic mass is 16.4. The highest BCUT2D eigenvalue weighted by molar-refractivity contribution is 5.87. The molecule has 2 amide bonds. The SMILES string of the molecule is C[C@@H](c1c[nH]c2ccccc12)[C@@H](NC(=O)N1CCc2ccccc2C1)C(=O)O. The molecule has 2 aromatic carbocycles. The lowest BCUT2D eigenvalue weighted by Crippen LogP contribution is -2.51. The molecular formula is C22H23N3O3. The van der Waals surface area contributed by atoms with Gasteiger partial charge in [0, 0.05) is 36.1 Å². The fraction of sp³-hybridized carbons (Fsp3) is 0.273. The zero-order valence-electron chi connectivity index (χ0n) is 15.7. The maximum atomic E-state index is 12.8. The van der Waals surface area contributed by atoms with E-state index in [1.165, 1.54) is 5.56 Å². The van der Waals surface area contributed by atoms with Gasteiger partial charge in [0.15, 0.2) is 0 Å². The van der Waals surface area contributed by atoms with Crippen molar-refractivity contribution in [2.45, 2.75) is 31.8 Å². The summed E-state index contributed by atoms with van der Waals surface area (Å²) in [6.45, 7) is 2.91. The highest BCUT2D eigenvalue weighted by Gasteiger charge is 2.31. The number of fused-ring (bicyclic) bond motifs is 2. The molecule has 144 valence electrons. The standard InChI is InChI=1S/C22H23N3O3/c1-14(18-12-23-19-9-5-4-8-17(18)19)20(21(26)27)24-22(28)25-11-10-15-6-2-3-7-16(15)13-25/h2-9,12,14,20,23H,10-11,13H2,1H3,(H,24,28)(H,26,27)/t14-,20+/m0/s1. The number of benzene rings is 2. The molecular weight excluding hydrogens is 354 g/mol. The van der Waals surface area contributed by atoms with Crippen LogP contribution >= 0.6 is 0 Å². The lowest BCUT2D eigenvalue weighted by molar-refractivity contribution is -0.139. The topological polar surface area (TPSA) is 85.4 Å². The van der Waals surface area contributed by atoms with Crippen molar-refractivity contribution in [1.82, 2.24) is 15.2 Å². The molecule has 2 heterocycles. The van der Waals surface area contributed by atoms with Crippen LogP contribution in [0.15, 0.2) is 54.7 Å². The van der Waals surface area contributed by atoms with Gasteiger partial charge in [-0.15, -0.1) is 0 Å². The molecule has 28 heavy (non-hydrogen) atoms. The summed E-state index contributed by atoms with van der Waals surface area (Å²) in [6, 6.07) is 14.4. The number of aromatic nitrogens is 1. The Hall–Kier alpha value is -3.28. The van der Waals surface area contributed by atoms with Crippen LogP contribution in [-0.2, 0) is 17.8 Å². The number of carboxylic acids is 1. The molecule has 1 aromatic heterocycles. The molecule has 0 aliphatic carbocycles. The van der Waals surface area contributed by atoms with E-state index in [2.05, 4.69) is 16.4 Å². The zero-order chi connectivity index (χ0) is 19.7. The van der Waals surface area contributed by atoms with Gasteiger partial charge in [-0.25, -0.2) is 9.59 Å². The Kier molecular flexibility index (Phi) is 4.77. The van der Waals surface area contributed by atoms with Crippen molar-refractivity contribution in [3.8, 4) is 0 Å². The van der Waals surface area contributed by atoms with E-state index >= 15 is 0 Å². The molecule has 6 nitrogen and oxygen atoms in total. The molecule has 0 saturated heterocycles. The molecule has 3 N–H and O–H groups in total. The number of urea groups is 1. The fourth-order valence-electron chi connectivity index (χ4n) is 3.94. The lowest BCUT2D eigenvalue weighted by Gasteiger charge is -2.31. The summed E-state index contributed by atoms with van der Waals surface area (Å²) >= 11 is 0. The minimum atomic E-state index is -1.04. The zero-order valence-corrected chi connectivity index (χ0v) is 15.7. The van der Waals surface area contributed by atoms with Crippen molar-refractivity contribution in [3.05, 3.63) is 71.4 Å². The van der Waals surface area contributed by atoms with Gasteiger partial charge in [-0.3, -0.25) is 0 Å². The average Bonchev–Trinajstić information content (AvgIpc) is 3.15. The quantitative estimate of drug-likeness (QED) is 0.651. The fourth-order valence-corrected chi connectivity index (χ4v) is 3.94. The van der Waals surface area contributed by atoms with E-state index in [4.69, 9.17) is 0 Å². The number of hydrogen-bond acceptors (Lipinski definition) is 2. The summed E-state index contributed by atoms with van der Waals surface area (Å²) in [6.07, 6.45) is 2.61. The van der Waals surface area contributed by atoms with Gasteiger partial charge in [-0.2, -0.15) is 0 Å². The maximum Gasteiger partial charge on any atom is 0.326 e. The number of rotatable bonds is 4. The number of para-hydroxylation sites is 1. The van der Waals surface area contributed by atoms with Crippen LogP contribution in [0.1, 0.15) is 29.5 Å². The van der Waals surface area contributed by atoms with E-state index in [0.717, 1.165) is 28.5 Å². The molecule has 1 aliphatic rings. The number of amides is 2. The van der Waals surface area contributed by atoms with E-state index in [0.29, 0.717) is 13.1 Å². The number of hydrogen-bond donors (Lipinski definition) is 3. The Morgan fingerprint density at radius 3 is 2.61 bits per heavy atom. The van der Waals surface area contributed by atoms with Gasteiger partial charge >= 0.3 is 12.0 Å². The Labute approximate surface area is 163 Å². The smallest absolute Gasteiger partial charge is 0.326 e. The summed E-state index contributed by atoms with van der Waals surface area (Å²) in [5, 5.41) is 13.5. The Morgan fingerprint density at radius 2 is 1.82 bits per heavy atom. The molecule has 4 rings (SSSR count). The number of aliphatic carboxylic acids is 1. The molecule has 2 atom stereocenters. The number of carbonyl (C=O) groups excluding carboxylic acids is 1. The number of nitrogens with one attached hydrogen (secondary N) is 2. The molecule has 3 aromatic rings. The van der Waals surface area contributed by atoms with Crippen LogP contribution in [0.25, 0.3) is 10.9 Å². The molecule has 1 aliphatic heterocycles. The minimum Gasteiger partial charge on any atom is -0.480 e. The Balaban J connectivity index is 1.52. The summed E-state index contributed by atoms with van der Waals surface area (Å²) < 4.78 is 0. The third-order valence-electron chi connectivity index (χ3n) is 5.57. The summed E-state index contributed by atoms with van der Waals surface area (Å²) in [4.78, 5) is 29.6. The van der Waals surface area contributed by atoms with Gasteiger partial charge < -0.3 is 20.3 Å². The monoisotopic (exact) mass is 377 g/mol. The normalized spacial score (nSPS) is 15.7. The second-order valence-electron chi connectivity index (χ2n) is 7.28. The second kappa shape index (κ2) is 7.38. The van der Waals surface area contributed by atoms with E-state index in [1.807, 2.05) is 55.6 Å². The molecule has 0 fully saturated rings. The molecule has 6 heteroatoms. The molecule has 0 spiro atoms. The van der Waals surface area contributed by atoms with Crippen molar-refractivity contribution in [1.29, 1.82) is 0 Å². The number of nitrogens with zero attached hydrogens (tertiary/aromatic N) is 1. The van der Waals surface area contributed by atoms with Gasteiger partial charge in [-0.1, -0.05) is 49.4 Å². The van der Waals surface area contributed by atoms with Crippen molar-refractivity contribution >= 4 is 22.9 Å². The van der Waals surface area contributed by atoms with Crippen LogP contribution < -0.4 is 5.32 Å². The third kappa shape index (κ3) is 3.33. The van der Waals surface area contributed by atoms with Crippen molar-refractivity contribution in [2.24, 2.45) is 0 Å². The minimum absolute atomic E-state index is 0.339. The lowest BCUT2D eigenvalue weighted by atomic mass is 9.93. The van der Waals surface area contributed by atoms with Crippen LogP contribution in [0.4, 0.5) is 4.79 Å². The van der Waals surface area contributed by atoms with Crippen molar-refractivity contribution in [3.63, 3.8) is 0 Å². The summed E-state index contributed by atoms with van der Waals surface area (Å²) in [5.74, 6) is -1.42. The highest BCUT2D eigenvalue weighted by Crippen LogP contribution is 2.28.